The first-order valence-electron chi connectivity index (χ1n) is 8.22. The van der Waals surface area contributed by atoms with Crippen molar-refractivity contribution in [2.45, 2.75) is 50.8 Å². The normalized spacial score (nSPS) is 12.8. The Balaban J connectivity index is 2.93. The van der Waals surface area contributed by atoms with Crippen LogP contribution in [0, 0.1) is 5.82 Å². The predicted molar refractivity (Wildman–Crippen MR) is 92.7 cm³/mol. The van der Waals surface area contributed by atoms with E-state index >= 15 is 0 Å². The van der Waals surface area contributed by atoms with Crippen molar-refractivity contribution in [2.75, 3.05) is 5.75 Å². The summed E-state index contributed by atoms with van der Waals surface area (Å²) in [5.74, 6) is -3.60. The molecule has 0 spiro atoms. The Morgan fingerprint density at radius 3 is 2.28 bits per heavy atom. The second-order valence-electron chi connectivity index (χ2n) is 5.90. The van der Waals surface area contributed by atoms with Crippen LogP contribution in [-0.2, 0) is 14.6 Å². The number of sulfone groups is 1. The molecule has 0 radical (unpaired) electrons. The smallest absolute Gasteiger partial charge is 0.327 e. The lowest BCUT2D eigenvalue weighted by atomic mass is 10.2. The molecule has 25 heavy (non-hydrogen) atoms. The maximum absolute atomic E-state index is 13.2. The lowest BCUT2D eigenvalue weighted by molar-refractivity contribution is -0.138. The summed E-state index contributed by atoms with van der Waals surface area (Å²) >= 11 is 0. The Morgan fingerprint density at radius 1 is 1.20 bits per heavy atom. The van der Waals surface area contributed by atoms with Crippen LogP contribution in [0.15, 0.2) is 24.3 Å². The van der Waals surface area contributed by atoms with Crippen molar-refractivity contribution in [3.8, 4) is 0 Å². The van der Waals surface area contributed by atoms with E-state index in [9.17, 15) is 27.5 Å². The molecule has 0 aliphatic rings. The molecule has 6 nitrogen and oxygen atoms in total. The van der Waals surface area contributed by atoms with Crippen LogP contribution < -0.4 is 5.32 Å². The highest BCUT2D eigenvalue weighted by atomic mass is 32.2. The number of hydrogen-bond acceptors (Lipinski definition) is 4. The van der Waals surface area contributed by atoms with Gasteiger partial charge in [-0.2, -0.15) is 0 Å². The number of benzene rings is 1. The van der Waals surface area contributed by atoms with E-state index in [1.165, 1.54) is 12.1 Å². The summed E-state index contributed by atoms with van der Waals surface area (Å²) in [4.78, 5) is 23.5. The summed E-state index contributed by atoms with van der Waals surface area (Å²) < 4.78 is 38.2. The van der Waals surface area contributed by atoms with Crippen LogP contribution in [0.5, 0.6) is 0 Å². The standard InChI is InChI=1S/C17H24FNO5S/c1-3-6-14(7-4-2)25(23,24)11-15(17(21)22)19-16(20)12-8-5-9-13(18)10-12/h5,8-10,14-15H,3-4,6-7,11H2,1-2H3,(H,19,20)(H,21,22)/t15-/m1/s1. The monoisotopic (exact) mass is 373 g/mol. The lowest BCUT2D eigenvalue weighted by Crippen LogP contribution is -2.47. The summed E-state index contributed by atoms with van der Waals surface area (Å²) in [5.41, 5.74) is -0.0673. The average Bonchev–Trinajstić information content (AvgIpc) is 2.53. The first-order valence-corrected chi connectivity index (χ1v) is 9.93. The number of carbonyl (C=O) groups excluding carboxylic acids is 1. The zero-order valence-electron chi connectivity index (χ0n) is 14.4. The molecule has 0 aliphatic heterocycles. The van der Waals surface area contributed by atoms with Crippen molar-refractivity contribution < 1.29 is 27.5 Å². The summed E-state index contributed by atoms with van der Waals surface area (Å²) in [6.45, 7) is 3.72. The zero-order valence-corrected chi connectivity index (χ0v) is 15.2. The molecule has 0 unspecified atom stereocenters. The number of carboxylic acids is 1. The lowest BCUT2D eigenvalue weighted by Gasteiger charge is -2.20. The van der Waals surface area contributed by atoms with Gasteiger partial charge in [-0.1, -0.05) is 32.8 Å². The van der Waals surface area contributed by atoms with Gasteiger partial charge < -0.3 is 10.4 Å². The van der Waals surface area contributed by atoms with Gasteiger partial charge in [0.05, 0.1) is 11.0 Å². The third kappa shape index (κ3) is 6.45. The van der Waals surface area contributed by atoms with Gasteiger partial charge in [-0.05, 0) is 31.0 Å². The van der Waals surface area contributed by atoms with Crippen LogP contribution in [0.4, 0.5) is 4.39 Å². The van der Waals surface area contributed by atoms with Crippen molar-refractivity contribution >= 4 is 21.7 Å². The SMILES string of the molecule is CCCC(CCC)S(=O)(=O)C[C@@H](NC(=O)c1cccc(F)c1)C(=O)O. The number of carboxylic acid groups (broad SMARTS) is 1. The Labute approximate surface area is 147 Å². The van der Waals surface area contributed by atoms with Gasteiger partial charge in [-0.25, -0.2) is 17.6 Å². The maximum Gasteiger partial charge on any atom is 0.327 e. The minimum Gasteiger partial charge on any atom is -0.480 e. The number of carbonyl (C=O) groups is 2. The van der Waals surface area contributed by atoms with E-state index in [2.05, 4.69) is 5.32 Å². The number of nitrogens with one attached hydrogen (secondary N) is 1. The first-order chi connectivity index (χ1) is 11.7. The highest BCUT2D eigenvalue weighted by Gasteiger charge is 2.32. The van der Waals surface area contributed by atoms with E-state index in [0.717, 1.165) is 12.1 Å². The van der Waals surface area contributed by atoms with Crippen LogP contribution in [0.2, 0.25) is 0 Å². The summed E-state index contributed by atoms with van der Waals surface area (Å²) in [6.07, 6.45) is 2.22. The van der Waals surface area contributed by atoms with Gasteiger partial charge >= 0.3 is 5.97 Å². The van der Waals surface area contributed by atoms with E-state index in [4.69, 9.17) is 0 Å². The van der Waals surface area contributed by atoms with E-state index in [0.29, 0.717) is 25.7 Å². The summed E-state index contributed by atoms with van der Waals surface area (Å²) in [5, 5.41) is 10.8. The molecule has 0 saturated heterocycles. The molecule has 140 valence electrons. The van der Waals surface area contributed by atoms with Crippen LogP contribution in [0.25, 0.3) is 0 Å². The highest BCUT2D eigenvalue weighted by Crippen LogP contribution is 2.17. The van der Waals surface area contributed by atoms with Gasteiger partial charge in [0.25, 0.3) is 5.91 Å². The van der Waals surface area contributed by atoms with Gasteiger partial charge in [0.15, 0.2) is 9.84 Å². The summed E-state index contributed by atoms with van der Waals surface area (Å²) in [7, 11) is -3.70. The predicted octanol–water partition coefficient (Wildman–Crippen LogP) is 2.39. The Morgan fingerprint density at radius 2 is 1.80 bits per heavy atom. The molecule has 1 amide bonds. The quantitative estimate of drug-likeness (QED) is 0.656. The summed E-state index contributed by atoms with van der Waals surface area (Å²) in [6, 6.07) is 3.16. The van der Waals surface area contributed by atoms with Gasteiger partial charge in [-0.15, -0.1) is 0 Å². The molecule has 8 heteroatoms. The zero-order chi connectivity index (χ0) is 19.0. The Hall–Kier alpha value is -1.96. The second kappa shape index (κ2) is 9.50. The fourth-order valence-corrected chi connectivity index (χ4v) is 4.71. The fourth-order valence-electron chi connectivity index (χ4n) is 2.56. The fraction of sp³-hybridized carbons (Fsp3) is 0.529. The topological polar surface area (TPSA) is 101 Å². The molecule has 1 aromatic rings. The van der Waals surface area contributed by atoms with Crippen molar-refractivity contribution in [1.82, 2.24) is 5.32 Å². The van der Waals surface area contributed by atoms with E-state index in [-0.39, 0.29) is 5.56 Å². The molecule has 1 rings (SSSR count). The minimum absolute atomic E-state index is 0.0673. The van der Waals surface area contributed by atoms with E-state index in [1.54, 1.807) is 0 Å². The van der Waals surface area contributed by atoms with Gasteiger partial charge in [0, 0.05) is 5.56 Å². The second-order valence-corrected chi connectivity index (χ2v) is 8.23. The van der Waals surface area contributed by atoms with Crippen molar-refractivity contribution in [1.29, 1.82) is 0 Å². The number of hydrogen-bond donors (Lipinski definition) is 2. The average molecular weight is 373 g/mol. The molecule has 0 aliphatic carbocycles. The van der Waals surface area contributed by atoms with E-state index < -0.39 is 44.6 Å². The van der Waals surface area contributed by atoms with Gasteiger partial charge in [-0.3, -0.25) is 4.79 Å². The van der Waals surface area contributed by atoms with Gasteiger partial charge in [0.2, 0.25) is 0 Å². The maximum atomic E-state index is 13.2. The first kappa shape index (κ1) is 21.1. The number of halogens is 1. The largest absolute Gasteiger partial charge is 0.480 e. The third-order valence-electron chi connectivity index (χ3n) is 3.82. The number of rotatable bonds is 10. The molecule has 1 aromatic carbocycles. The molecule has 2 N–H and O–H groups in total. The molecular weight excluding hydrogens is 349 g/mol. The number of amides is 1. The molecule has 0 saturated carbocycles. The van der Waals surface area contributed by atoms with Crippen LogP contribution in [0.1, 0.15) is 49.9 Å². The van der Waals surface area contributed by atoms with Crippen LogP contribution in [0.3, 0.4) is 0 Å². The van der Waals surface area contributed by atoms with Crippen molar-refractivity contribution in [3.63, 3.8) is 0 Å². The molecule has 0 aromatic heterocycles. The molecule has 0 heterocycles. The molecule has 0 fully saturated rings. The van der Waals surface area contributed by atoms with E-state index in [1.807, 2.05) is 13.8 Å². The highest BCUT2D eigenvalue weighted by molar-refractivity contribution is 7.92. The van der Waals surface area contributed by atoms with Crippen LogP contribution in [-0.4, -0.2) is 42.4 Å². The Bertz CT molecular complexity index is 699. The molecule has 1 atom stereocenters. The molecular formula is C17H24FNO5S. The van der Waals surface area contributed by atoms with Crippen molar-refractivity contribution in [3.05, 3.63) is 35.6 Å². The third-order valence-corrected chi connectivity index (χ3v) is 6.10. The van der Waals surface area contributed by atoms with Crippen LogP contribution >= 0.6 is 0 Å². The van der Waals surface area contributed by atoms with Gasteiger partial charge in [0.1, 0.15) is 11.9 Å². The molecule has 0 bridgehead atoms. The Kier molecular flexibility index (Phi) is 8.02. The van der Waals surface area contributed by atoms with Crippen molar-refractivity contribution in [2.24, 2.45) is 0 Å². The number of aliphatic carboxylic acids is 1. The minimum atomic E-state index is -3.70.